The number of hydrogen-bond donors (Lipinski definition) is 2. The summed E-state index contributed by atoms with van der Waals surface area (Å²) in [6.45, 7) is 2.32. The van der Waals surface area contributed by atoms with E-state index in [9.17, 15) is 14.0 Å². The predicted octanol–water partition coefficient (Wildman–Crippen LogP) is 2.36. The smallest absolute Gasteiger partial charge is 0.256 e. The van der Waals surface area contributed by atoms with Crippen molar-refractivity contribution in [3.8, 4) is 0 Å². The monoisotopic (exact) mass is 348 g/mol. The summed E-state index contributed by atoms with van der Waals surface area (Å²) in [6.07, 6.45) is 2.13. The maximum atomic E-state index is 14.3. The Bertz CT molecular complexity index is 780. The fourth-order valence-electron chi connectivity index (χ4n) is 2.68. The highest BCUT2D eigenvalue weighted by molar-refractivity contribution is 7.13. The topological polar surface area (TPSA) is 88.3 Å². The number of halogens is 1. The van der Waals surface area contributed by atoms with Crippen molar-refractivity contribution in [3.63, 3.8) is 0 Å². The van der Waals surface area contributed by atoms with Crippen molar-refractivity contribution in [1.82, 2.24) is 9.88 Å². The molecule has 0 spiro atoms. The summed E-state index contributed by atoms with van der Waals surface area (Å²) in [6, 6.07) is 4.33. The Labute approximate surface area is 142 Å². The lowest BCUT2D eigenvalue weighted by Crippen LogP contribution is -2.38. The molecule has 126 valence electrons. The lowest BCUT2D eigenvalue weighted by molar-refractivity contribution is -0.126. The Morgan fingerprint density at radius 1 is 1.46 bits per heavy atom. The van der Waals surface area contributed by atoms with Crippen LogP contribution in [0.2, 0.25) is 0 Å². The molecule has 8 heteroatoms. The molecule has 1 aromatic heterocycles. The Morgan fingerprint density at radius 2 is 2.25 bits per heavy atom. The van der Waals surface area contributed by atoms with Crippen molar-refractivity contribution >= 4 is 34.0 Å². The first-order valence-corrected chi connectivity index (χ1v) is 8.32. The number of carbonyl (C=O) groups excluding carboxylic acids is 2. The lowest BCUT2D eigenvalue weighted by Gasteiger charge is -2.21. The van der Waals surface area contributed by atoms with Gasteiger partial charge in [0.2, 0.25) is 5.91 Å². The number of carbonyl (C=O) groups is 2. The van der Waals surface area contributed by atoms with Crippen LogP contribution in [0.3, 0.4) is 0 Å². The van der Waals surface area contributed by atoms with Crippen LogP contribution < -0.4 is 11.1 Å². The van der Waals surface area contributed by atoms with E-state index in [0.717, 1.165) is 0 Å². The second kappa shape index (κ2) is 6.20. The van der Waals surface area contributed by atoms with Gasteiger partial charge in [-0.25, -0.2) is 9.37 Å². The first-order valence-electron chi connectivity index (χ1n) is 7.44. The number of amides is 2. The molecule has 0 bridgehead atoms. The highest BCUT2D eigenvalue weighted by atomic mass is 32.1. The number of hydrogen-bond acceptors (Lipinski definition) is 5. The van der Waals surface area contributed by atoms with E-state index < -0.39 is 23.0 Å². The van der Waals surface area contributed by atoms with E-state index in [2.05, 4.69) is 10.3 Å². The van der Waals surface area contributed by atoms with Crippen molar-refractivity contribution in [1.29, 1.82) is 0 Å². The van der Waals surface area contributed by atoms with E-state index in [-0.39, 0.29) is 12.1 Å². The number of primary amides is 1. The molecule has 3 N–H and O–H groups in total. The average molecular weight is 348 g/mol. The molecule has 1 aliphatic heterocycles. The van der Waals surface area contributed by atoms with Gasteiger partial charge in [-0.05, 0) is 31.5 Å². The molecule has 2 aromatic rings. The molecule has 24 heavy (non-hydrogen) atoms. The maximum Gasteiger partial charge on any atom is 0.256 e. The number of nitrogens with zero attached hydrogens (tertiary/aromatic N) is 2. The van der Waals surface area contributed by atoms with E-state index in [4.69, 9.17) is 5.73 Å². The highest BCUT2D eigenvalue weighted by Crippen LogP contribution is 2.31. The molecule has 1 unspecified atom stereocenters. The van der Waals surface area contributed by atoms with E-state index >= 15 is 0 Å². The van der Waals surface area contributed by atoms with Crippen LogP contribution in [0.4, 0.5) is 15.2 Å². The number of nitrogens with two attached hydrogens (primary N) is 1. The molecule has 0 saturated carbocycles. The molecule has 2 heterocycles. The van der Waals surface area contributed by atoms with Crippen LogP contribution in [0.25, 0.3) is 0 Å². The molecule has 1 aliphatic rings. The minimum Gasteiger partial charge on any atom is -0.369 e. The van der Waals surface area contributed by atoms with Crippen LogP contribution >= 0.6 is 11.3 Å². The van der Waals surface area contributed by atoms with Gasteiger partial charge in [0.05, 0.1) is 11.0 Å². The molecule has 1 saturated heterocycles. The number of anilines is 2. The number of benzene rings is 1. The van der Waals surface area contributed by atoms with Crippen molar-refractivity contribution in [2.45, 2.75) is 13.3 Å². The fraction of sp³-hybridized carbons (Fsp3) is 0.312. The Morgan fingerprint density at radius 3 is 2.83 bits per heavy atom. The zero-order chi connectivity index (χ0) is 17.3. The molecule has 0 radical (unpaired) electrons. The van der Waals surface area contributed by atoms with Gasteiger partial charge < -0.3 is 16.0 Å². The predicted molar refractivity (Wildman–Crippen MR) is 89.6 cm³/mol. The summed E-state index contributed by atoms with van der Waals surface area (Å²) in [5.41, 5.74) is 5.13. The third-order valence-electron chi connectivity index (χ3n) is 4.24. The zero-order valence-electron chi connectivity index (χ0n) is 13.1. The Kier molecular flexibility index (Phi) is 4.23. The maximum absolute atomic E-state index is 14.3. The van der Waals surface area contributed by atoms with Crippen LogP contribution in [0.5, 0.6) is 0 Å². The van der Waals surface area contributed by atoms with Gasteiger partial charge in [-0.3, -0.25) is 9.59 Å². The van der Waals surface area contributed by atoms with Crippen molar-refractivity contribution < 1.29 is 14.0 Å². The lowest BCUT2D eigenvalue weighted by atomic mass is 9.89. The summed E-state index contributed by atoms with van der Waals surface area (Å²) < 4.78 is 14.3. The first-order chi connectivity index (χ1) is 11.4. The second-order valence-electron chi connectivity index (χ2n) is 6.06. The van der Waals surface area contributed by atoms with Gasteiger partial charge in [-0.15, -0.1) is 11.3 Å². The summed E-state index contributed by atoms with van der Waals surface area (Å²) >= 11 is 1.39. The summed E-state index contributed by atoms with van der Waals surface area (Å²) in [7, 11) is 0. The molecular formula is C16H17FN4O2S. The van der Waals surface area contributed by atoms with Gasteiger partial charge in [0.25, 0.3) is 5.91 Å². The van der Waals surface area contributed by atoms with Gasteiger partial charge in [0.15, 0.2) is 5.13 Å². The molecule has 6 nitrogen and oxygen atoms in total. The molecule has 1 atom stereocenters. The van der Waals surface area contributed by atoms with Crippen molar-refractivity contribution in [3.05, 3.63) is 41.2 Å². The zero-order valence-corrected chi connectivity index (χ0v) is 13.9. The van der Waals surface area contributed by atoms with Crippen molar-refractivity contribution in [2.75, 3.05) is 18.4 Å². The van der Waals surface area contributed by atoms with Gasteiger partial charge in [-0.2, -0.15) is 0 Å². The largest absolute Gasteiger partial charge is 0.369 e. The summed E-state index contributed by atoms with van der Waals surface area (Å²) in [5.74, 6) is -1.49. The molecule has 3 rings (SSSR count). The van der Waals surface area contributed by atoms with Gasteiger partial charge in [0, 0.05) is 30.4 Å². The molecular weight excluding hydrogens is 331 g/mol. The Hall–Kier alpha value is -2.48. The van der Waals surface area contributed by atoms with Crippen LogP contribution in [0.1, 0.15) is 23.7 Å². The number of nitrogens with one attached hydrogen (secondary N) is 1. The SMILES string of the molecule is CC1(C(N)=O)CCN(C(=O)c2ccc(Nc3nccs3)cc2F)C1. The second-order valence-corrected chi connectivity index (χ2v) is 6.95. The van der Waals surface area contributed by atoms with Crippen LogP contribution in [-0.4, -0.2) is 34.8 Å². The van der Waals surface area contributed by atoms with Gasteiger partial charge in [0.1, 0.15) is 5.82 Å². The molecule has 2 amide bonds. The minimum absolute atomic E-state index is 0.0200. The number of rotatable bonds is 4. The summed E-state index contributed by atoms with van der Waals surface area (Å²) in [5, 5.41) is 5.42. The van der Waals surface area contributed by atoms with E-state index in [1.165, 1.54) is 28.4 Å². The third kappa shape index (κ3) is 3.09. The normalized spacial score (nSPS) is 20.2. The number of likely N-dealkylation sites (tertiary alicyclic amines) is 1. The van der Waals surface area contributed by atoms with Crippen LogP contribution in [-0.2, 0) is 4.79 Å². The Balaban J connectivity index is 1.75. The summed E-state index contributed by atoms with van der Waals surface area (Å²) in [4.78, 5) is 29.5. The standard InChI is InChI=1S/C16H17FN4O2S/c1-16(14(18)23)4-6-21(9-16)13(22)11-3-2-10(8-12(11)17)20-15-19-5-7-24-15/h2-3,5,7-8H,4,6,9H2,1H3,(H2,18,23)(H,19,20). The highest BCUT2D eigenvalue weighted by Gasteiger charge is 2.41. The first kappa shape index (κ1) is 16.4. The van der Waals surface area contributed by atoms with Crippen LogP contribution in [0.15, 0.2) is 29.8 Å². The third-order valence-corrected chi connectivity index (χ3v) is 4.93. The minimum atomic E-state index is -0.752. The average Bonchev–Trinajstić information content (AvgIpc) is 3.17. The quantitative estimate of drug-likeness (QED) is 0.888. The molecule has 1 aromatic carbocycles. The molecule has 1 fully saturated rings. The van der Waals surface area contributed by atoms with Gasteiger partial charge in [-0.1, -0.05) is 0 Å². The molecule has 0 aliphatic carbocycles. The van der Waals surface area contributed by atoms with Gasteiger partial charge >= 0.3 is 0 Å². The number of thiazole rings is 1. The fourth-order valence-corrected chi connectivity index (χ4v) is 3.23. The van der Waals surface area contributed by atoms with E-state index in [1.807, 2.05) is 0 Å². The van der Waals surface area contributed by atoms with Crippen LogP contribution in [0, 0.1) is 11.2 Å². The van der Waals surface area contributed by atoms with Crippen molar-refractivity contribution in [2.24, 2.45) is 11.1 Å². The number of aromatic nitrogens is 1. The van der Waals surface area contributed by atoms with E-state index in [1.54, 1.807) is 24.6 Å². The van der Waals surface area contributed by atoms with E-state index in [0.29, 0.717) is 23.8 Å².